The van der Waals surface area contributed by atoms with E-state index in [-0.39, 0.29) is 24.7 Å². The van der Waals surface area contributed by atoms with Crippen LogP contribution in [0.5, 0.6) is 0 Å². The van der Waals surface area contributed by atoms with Crippen LogP contribution in [0.3, 0.4) is 0 Å². The highest BCUT2D eigenvalue weighted by Gasteiger charge is 2.43. The highest BCUT2D eigenvalue weighted by Crippen LogP contribution is 2.29. The molecule has 0 spiro atoms. The molecule has 2 aromatic rings. The molecule has 0 aliphatic carbocycles. The van der Waals surface area contributed by atoms with Crippen LogP contribution in [0.1, 0.15) is 24.0 Å². The van der Waals surface area contributed by atoms with Crippen molar-refractivity contribution in [2.24, 2.45) is 5.41 Å². The van der Waals surface area contributed by atoms with E-state index < -0.39 is 5.41 Å². The molecule has 4 heteroatoms. The van der Waals surface area contributed by atoms with Gasteiger partial charge in [-0.1, -0.05) is 72.8 Å². The summed E-state index contributed by atoms with van der Waals surface area (Å²) in [6, 6.07) is 19.2. The van der Waals surface area contributed by atoms with Gasteiger partial charge in [-0.2, -0.15) is 0 Å². The molecule has 0 atom stereocenters. The van der Waals surface area contributed by atoms with Gasteiger partial charge in [0.1, 0.15) is 5.41 Å². The standard InChI is InChI=1S/C23H26N2O2/c1-3-15-23(16-4-2,21(26)24-17-19-11-7-5-8-12-19)22(27)25-18-20-13-9-6-10-14-20/h3-14H,1-2,15-18H2,(H,24,26)(H,25,27). The third kappa shape index (κ3) is 5.42. The SMILES string of the molecule is C=CCC(CC=C)(C(=O)NCc1ccccc1)C(=O)NCc1ccccc1. The van der Waals surface area contributed by atoms with Gasteiger partial charge in [-0.15, -0.1) is 13.2 Å². The van der Waals surface area contributed by atoms with Crippen molar-refractivity contribution in [3.05, 3.63) is 97.1 Å². The Bertz CT molecular complexity index is 702. The van der Waals surface area contributed by atoms with Crippen molar-refractivity contribution >= 4 is 11.8 Å². The number of carbonyl (C=O) groups is 2. The van der Waals surface area contributed by atoms with Crippen LogP contribution in [0, 0.1) is 5.41 Å². The van der Waals surface area contributed by atoms with Crippen molar-refractivity contribution < 1.29 is 9.59 Å². The molecule has 2 rings (SSSR count). The zero-order chi connectivity index (χ0) is 19.5. The Kier molecular flexibility index (Phi) is 7.56. The van der Waals surface area contributed by atoms with Crippen LogP contribution < -0.4 is 10.6 Å². The molecule has 0 unspecified atom stereocenters. The van der Waals surface area contributed by atoms with E-state index >= 15 is 0 Å². The summed E-state index contributed by atoms with van der Waals surface area (Å²) in [7, 11) is 0. The van der Waals surface area contributed by atoms with Crippen molar-refractivity contribution in [1.29, 1.82) is 0 Å². The van der Waals surface area contributed by atoms with Crippen molar-refractivity contribution in [1.82, 2.24) is 10.6 Å². The lowest BCUT2D eigenvalue weighted by atomic mass is 9.78. The maximum atomic E-state index is 13.0. The van der Waals surface area contributed by atoms with Gasteiger partial charge in [0.15, 0.2) is 0 Å². The molecule has 0 saturated carbocycles. The van der Waals surface area contributed by atoms with E-state index in [1.54, 1.807) is 12.2 Å². The highest BCUT2D eigenvalue weighted by molar-refractivity contribution is 6.05. The largest absolute Gasteiger partial charge is 0.351 e. The van der Waals surface area contributed by atoms with Crippen molar-refractivity contribution in [3.63, 3.8) is 0 Å². The van der Waals surface area contributed by atoms with Crippen LogP contribution in [0.25, 0.3) is 0 Å². The fourth-order valence-electron chi connectivity index (χ4n) is 2.94. The van der Waals surface area contributed by atoms with E-state index in [1.165, 1.54) is 0 Å². The molecule has 0 saturated heterocycles. The Hall–Kier alpha value is -3.14. The molecule has 2 amide bonds. The Morgan fingerprint density at radius 3 is 1.44 bits per heavy atom. The van der Waals surface area contributed by atoms with Crippen molar-refractivity contribution in [3.8, 4) is 0 Å². The molecule has 0 bridgehead atoms. The first-order chi connectivity index (χ1) is 13.1. The monoisotopic (exact) mass is 362 g/mol. The molecule has 0 radical (unpaired) electrons. The summed E-state index contributed by atoms with van der Waals surface area (Å²) in [5, 5.41) is 5.79. The Balaban J connectivity index is 2.13. The van der Waals surface area contributed by atoms with Gasteiger partial charge >= 0.3 is 0 Å². The summed E-state index contributed by atoms with van der Waals surface area (Å²) >= 11 is 0. The summed E-state index contributed by atoms with van der Waals surface area (Å²) in [6.07, 6.45) is 3.68. The molecule has 0 aliphatic heterocycles. The maximum absolute atomic E-state index is 13.0. The normalized spacial score (nSPS) is 10.7. The first-order valence-corrected chi connectivity index (χ1v) is 8.98. The van der Waals surface area contributed by atoms with E-state index in [1.807, 2.05) is 60.7 Å². The molecule has 0 aromatic heterocycles. The molecule has 27 heavy (non-hydrogen) atoms. The summed E-state index contributed by atoms with van der Waals surface area (Å²) in [5.41, 5.74) is 0.691. The van der Waals surface area contributed by atoms with Crippen LogP contribution in [-0.2, 0) is 22.7 Å². The lowest BCUT2D eigenvalue weighted by Gasteiger charge is -2.29. The Labute approximate surface area is 161 Å². The lowest BCUT2D eigenvalue weighted by molar-refractivity contribution is -0.143. The first kappa shape index (κ1) is 20.2. The minimum absolute atomic E-state index is 0.236. The van der Waals surface area contributed by atoms with E-state index in [0.29, 0.717) is 13.1 Å². The molecular formula is C23H26N2O2. The average Bonchev–Trinajstić information content (AvgIpc) is 2.71. The second-order valence-corrected chi connectivity index (χ2v) is 6.40. The Morgan fingerprint density at radius 1 is 0.741 bits per heavy atom. The van der Waals surface area contributed by atoms with E-state index in [4.69, 9.17) is 0 Å². The second kappa shape index (κ2) is 10.1. The number of benzene rings is 2. The van der Waals surface area contributed by atoms with E-state index in [9.17, 15) is 9.59 Å². The molecule has 2 aromatic carbocycles. The molecule has 0 aliphatic rings. The fraction of sp³-hybridized carbons (Fsp3) is 0.217. The van der Waals surface area contributed by atoms with Gasteiger partial charge in [0.2, 0.25) is 11.8 Å². The average molecular weight is 362 g/mol. The zero-order valence-corrected chi connectivity index (χ0v) is 15.5. The third-order valence-electron chi connectivity index (χ3n) is 4.45. The number of carbonyl (C=O) groups excluding carboxylic acids is 2. The summed E-state index contributed by atoms with van der Waals surface area (Å²) in [4.78, 5) is 26.0. The maximum Gasteiger partial charge on any atom is 0.236 e. The minimum Gasteiger partial charge on any atom is -0.351 e. The smallest absolute Gasteiger partial charge is 0.236 e. The number of hydrogen-bond acceptors (Lipinski definition) is 2. The van der Waals surface area contributed by atoms with Crippen LogP contribution >= 0.6 is 0 Å². The van der Waals surface area contributed by atoms with Crippen LogP contribution in [0.15, 0.2) is 86.0 Å². The molecular weight excluding hydrogens is 336 g/mol. The van der Waals surface area contributed by atoms with E-state index in [2.05, 4.69) is 23.8 Å². The predicted octanol–water partition coefficient (Wildman–Crippen LogP) is 3.76. The first-order valence-electron chi connectivity index (χ1n) is 8.98. The van der Waals surface area contributed by atoms with Gasteiger partial charge in [0.05, 0.1) is 0 Å². The minimum atomic E-state index is -1.26. The third-order valence-corrected chi connectivity index (χ3v) is 4.45. The number of nitrogens with one attached hydrogen (secondary N) is 2. The molecule has 140 valence electrons. The fourth-order valence-corrected chi connectivity index (χ4v) is 2.94. The molecule has 2 N–H and O–H groups in total. The van der Waals surface area contributed by atoms with Crippen LogP contribution in [0.4, 0.5) is 0 Å². The number of hydrogen-bond donors (Lipinski definition) is 2. The second-order valence-electron chi connectivity index (χ2n) is 6.40. The number of allylic oxidation sites excluding steroid dienone is 2. The quantitative estimate of drug-likeness (QED) is 0.499. The lowest BCUT2D eigenvalue weighted by Crippen LogP contribution is -2.50. The van der Waals surface area contributed by atoms with Crippen LogP contribution in [0.2, 0.25) is 0 Å². The van der Waals surface area contributed by atoms with Gasteiger partial charge in [-0.25, -0.2) is 0 Å². The van der Waals surface area contributed by atoms with E-state index in [0.717, 1.165) is 11.1 Å². The van der Waals surface area contributed by atoms with Gasteiger partial charge < -0.3 is 10.6 Å². The zero-order valence-electron chi connectivity index (χ0n) is 15.5. The highest BCUT2D eigenvalue weighted by atomic mass is 16.2. The Morgan fingerprint density at radius 2 is 1.11 bits per heavy atom. The predicted molar refractivity (Wildman–Crippen MR) is 109 cm³/mol. The van der Waals surface area contributed by atoms with Gasteiger partial charge in [0.25, 0.3) is 0 Å². The number of rotatable bonds is 10. The molecule has 0 heterocycles. The van der Waals surface area contributed by atoms with Gasteiger partial charge in [-0.05, 0) is 24.0 Å². The summed E-state index contributed by atoms with van der Waals surface area (Å²) < 4.78 is 0. The van der Waals surface area contributed by atoms with Crippen molar-refractivity contribution in [2.75, 3.05) is 0 Å². The van der Waals surface area contributed by atoms with Gasteiger partial charge in [0, 0.05) is 13.1 Å². The van der Waals surface area contributed by atoms with Crippen LogP contribution in [-0.4, -0.2) is 11.8 Å². The summed E-state index contributed by atoms with van der Waals surface area (Å²) in [5.74, 6) is -0.645. The summed E-state index contributed by atoms with van der Waals surface area (Å²) in [6.45, 7) is 8.20. The molecule has 4 nitrogen and oxygen atoms in total. The molecule has 0 fully saturated rings. The van der Waals surface area contributed by atoms with Gasteiger partial charge in [-0.3, -0.25) is 9.59 Å². The van der Waals surface area contributed by atoms with Crippen molar-refractivity contribution in [2.45, 2.75) is 25.9 Å². The topological polar surface area (TPSA) is 58.2 Å². The number of amides is 2.